The van der Waals surface area contributed by atoms with E-state index in [9.17, 15) is 4.79 Å². The standard InChI is InChI=1S/C18H16ClN3O/c1-13-11-17(22(21-13)16-5-3-2-4-6-16)20-18(23)12-14-7-9-15(19)10-8-14/h2-11H,12H2,1H3,(H,20,23). The Morgan fingerprint density at radius 3 is 2.52 bits per heavy atom. The van der Waals surface area contributed by atoms with Crippen LogP contribution in [0.15, 0.2) is 60.7 Å². The number of nitrogens with zero attached hydrogens (tertiary/aromatic N) is 2. The molecule has 0 aliphatic rings. The van der Waals surface area contributed by atoms with Gasteiger partial charge in [-0.2, -0.15) is 5.10 Å². The van der Waals surface area contributed by atoms with E-state index in [0.717, 1.165) is 16.9 Å². The van der Waals surface area contributed by atoms with Crippen LogP contribution in [-0.2, 0) is 11.2 Å². The van der Waals surface area contributed by atoms with Crippen LogP contribution in [0.25, 0.3) is 5.69 Å². The Labute approximate surface area is 139 Å². The van der Waals surface area contributed by atoms with Gasteiger partial charge in [-0.1, -0.05) is 41.9 Å². The van der Waals surface area contributed by atoms with Crippen LogP contribution in [0.3, 0.4) is 0 Å². The van der Waals surface area contributed by atoms with E-state index in [1.807, 2.05) is 55.5 Å². The quantitative estimate of drug-likeness (QED) is 0.787. The molecule has 1 heterocycles. The van der Waals surface area contributed by atoms with Gasteiger partial charge in [0.25, 0.3) is 0 Å². The average molecular weight is 326 g/mol. The number of carbonyl (C=O) groups excluding carboxylic acids is 1. The lowest BCUT2D eigenvalue weighted by atomic mass is 10.1. The molecule has 0 bridgehead atoms. The van der Waals surface area contributed by atoms with Crippen LogP contribution in [0.4, 0.5) is 5.82 Å². The number of hydrogen-bond acceptors (Lipinski definition) is 2. The molecule has 0 saturated carbocycles. The Morgan fingerprint density at radius 2 is 1.83 bits per heavy atom. The summed E-state index contributed by atoms with van der Waals surface area (Å²) in [4.78, 5) is 12.3. The van der Waals surface area contributed by atoms with Crippen LogP contribution >= 0.6 is 11.6 Å². The fourth-order valence-corrected chi connectivity index (χ4v) is 2.46. The van der Waals surface area contributed by atoms with Gasteiger partial charge in [-0.05, 0) is 36.8 Å². The van der Waals surface area contributed by atoms with Crippen molar-refractivity contribution in [1.29, 1.82) is 0 Å². The van der Waals surface area contributed by atoms with Gasteiger partial charge in [0.2, 0.25) is 5.91 Å². The third kappa shape index (κ3) is 3.79. The van der Waals surface area contributed by atoms with E-state index < -0.39 is 0 Å². The van der Waals surface area contributed by atoms with Crippen molar-refractivity contribution in [2.75, 3.05) is 5.32 Å². The molecule has 0 radical (unpaired) electrons. The minimum absolute atomic E-state index is 0.0931. The molecule has 3 rings (SSSR count). The summed E-state index contributed by atoms with van der Waals surface area (Å²) in [6, 6.07) is 18.8. The van der Waals surface area contributed by atoms with Gasteiger partial charge < -0.3 is 5.32 Å². The summed E-state index contributed by atoms with van der Waals surface area (Å²) >= 11 is 5.86. The second kappa shape index (κ2) is 6.67. The summed E-state index contributed by atoms with van der Waals surface area (Å²) in [7, 11) is 0. The van der Waals surface area contributed by atoms with Crippen molar-refractivity contribution >= 4 is 23.3 Å². The lowest BCUT2D eigenvalue weighted by molar-refractivity contribution is -0.115. The topological polar surface area (TPSA) is 46.9 Å². The van der Waals surface area contributed by atoms with Crippen LogP contribution in [0.2, 0.25) is 5.02 Å². The van der Waals surface area contributed by atoms with Gasteiger partial charge in [0, 0.05) is 11.1 Å². The second-order valence-electron chi connectivity index (χ2n) is 5.27. The van der Waals surface area contributed by atoms with Crippen molar-refractivity contribution in [1.82, 2.24) is 9.78 Å². The number of aromatic nitrogens is 2. The van der Waals surface area contributed by atoms with E-state index >= 15 is 0 Å². The van der Waals surface area contributed by atoms with Gasteiger partial charge in [0.05, 0.1) is 17.8 Å². The number of para-hydroxylation sites is 1. The minimum atomic E-state index is -0.0931. The van der Waals surface area contributed by atoms with E-state index in [4.69, 9.17) is 11.6 Å². The van der Waals surface area contributed by atoms with Crippen molar-refractivity contribution in [2.24, 2.45) is 0 Å². The van der Waals surface area contributed by atoms with Crippen LogP contribution in [-0.4, -0.2) is 15.7 Å². The normalized spacial score (nSPS) is 10.5. The summed E-state index contributed by atoms with van der Waals surface area (Å²) in [5, 5.41) is 8.02. The summed E-state index contributed by atoms with van der Waals surface area (Å²) in [5.41, 5.74) is 2.66. The molecule has 116 valence electrons. The van der Waals surface area contributed by atoms with Crippen LogP contribution in [0, 0.1) is 6.92 Å². The molecular formula is C18H16ClN3O. The third-order valence-electron chi connectivity index (χ3n) is 3.38. The maximum absolute atomic E-state index is 12.3. The van der Waals surface area contributed by atoms with E-state index in [-0.39, 0.29) is 12.3 Å². The number of hydrogen-bond donors (Lipinski definition) is 1. The minimum Gasteiger partial charge on any atom is -0.310 e. The molecule has 1 aromatic heterocycles. The maximum Gasteiger partial charge on any atom is 0.229 e. The van der Waals surface area contributed by atoms with Gasteiger partial charge in [0.15, 0.2) is 0 Å². The molecule has 0 spiro atoms. The van der Waals surface area contributed by atoms with Gasteiger partial charge in [0.1, 0.15) is 5.82 Å². The Kier molecular flexibility index (Phi) is 4.44. The Hall–Kier alpha value is -2.59. The largest absolute Gasteiger partial charge is 0.310 e. The SMILES string of the molecule is Cc1cc(NC(=O)Cc2ccc(Cl)cc2)n(-c2ccccc2)n1. The van der Waals surface area contributed by atoms with E-state index in [0.29, 0.717) is 10.8 Å². The fourth-order valence-electron chi connectivity index (χ4n) is 2.33. The van der Waals surface area contributed by atoms with Gasteiger partial charge in [-0.3, -0.25) is 4.79 Å². The smallest absolute Gasteiger partial charge is 0.229 e. The Balaban J connectivity index is 1.77. The molecule has 0 saturated heterocycles. The molecule has 0 aliphatic carbocycles. The highest BCUT2D eigenvalue weighted by molar-refractivity contribution is 6.30. The Bertz CT molecular complexity index is 810. The molecule has 23 heavy (non-hydrogen) atoms. The van der Waals surface area contributed by atoms with E-state index in [1.165, 1.54) is 0 Å². The third-order valence-corrected chi connectivity index (χ3v) is 3.63. The number of anilines is 1. The molecular weight excluding hydrogens is 310 g/mol. The zero-order valence-corrected chi connectivity index (χ0v) is 13.4. The maximum atomic E-state index is 12.3. The van der Waals surface area contributed by atoms with E-state index in [2.05, 4.69) is 10.4 Å². The molecule has 2 aromatic carbocycles. The monoisotopic (exact) mass is 325 g/mol. The molecule has 1 amide bonds. The molecule has 0 fully saturated rings. The highest BCUT2D eigenvalue weighted by atomic mass is 35.5. The van der Waals surface area contributed by atoms with Crippen molar-refractivity contribution in [3.8, 4) is 5.69 Å². The average Bonchev–Trinajstić information content (AvgIpc) is 2.91. The predicted molar refractivity (Wildman–Crippen MR) is 92.1 cm³/mol. The van der Waals surface area contributed by atoms with Crippen LogP contribution in [0.5, 0.6) is 0 Å². The summed E-state index contributed by atoms with van der Waals surface area (Å²) in [6.07, 6.45) is 0.288. The fraction of sp³-hybridized carbons (Fsp3) is 0.111. The van der Waals surface area contributed by atoms with Gasteiger partial charge in [-0.15, -0.1) is 0 Å². The number of aryl methyl sites for hydroxylation is 1. The Morgan fingerprint density at radius 1 is 1.13 bits per heavy atom. The second-order valence-corrected chi connectivity index (χ2v) is 5.71. The van der Waals surface area contributed by atoms with Crippen molar-refractivity contribution in [3.05, 3.63) is 76.9 Å². The predicted octanol–water partition coefficient (Wildman–Crippen LogP) is 4.02. The van der Waals surface area contributed by atoms with Crippen molar-refractivity contribution in [2.45, 2.75) is 13.3 Å². The number of benzene rings is 2. The summed E-state index contributed by atoms with van der Waals surface area (Å²) in [6.45, 7) is 1.90. The first-order valence-electron chi connectivity index (χ1n) is 7.28. The molecule has 0 atom stereocenters. The number of rotatable bonds is 4. The first kappa shape index (κ1) is 15.3. The number of amides is 1. The highest BCUT2D eigenvalue weighted by Crippen LogP contribution is 2.17. The molecule has 5 heteroatoms. The van der Waals surface area contributed by atoms with Gasteiger partial charge in [-0.25, -0.2) is 4.68 Å². The molecule has 0 unspecified atom stereocenters. The molecule has 3 aromatic rings. The summed E-state index contributed by atoms with van der Waals surface area (Å²) in [5.74, 6) is 0.567. The first-order valence-corrected chi connectivity index (χ1v) is 7.66. The first-order chi connectivity index (χ1) is 11.1. The van der Waals surface area contributed by atoms with Crippen molar-refractivity contribution < 1.29 is 4.79 Å². The van der Waals surface area contributed by atoms with Gasteiger partial charge >= 0.3 is 0 Å². The number of nitrogens with one attached hydrogen (secondary N) is 1. The number of halogens is 1. The van der Waals surface area contributed by atoms with Crippen LogP contribution < -0.4 is 5.32 Å². The highest BCUT2D eigenvalue weighted by Gasteiger charge is 2.11. The lowest BCUT2D eigenvalue weighted by Crippen LogP contribution is -2.17. The zero-order valence-electron chi connectivity index (χ0n) is 12.7. The van der Waals surface area contributed by atoms with Crippen molar-refractivity contribution in [3.63, 3.8) is 0 Å². The molecule has 1 N–H and O–H groups in total. The number of carbonyl (C=O) groups is 1. The lowest BCUT2D eigenvalue weighted by Gasteiger charge is -2.09. The van der Waals surface area contributed by atoms with Crippen LogP contribution in [0.1, 0.15) is 11.3 Å². The molecule has 4 nitrogen and oxygen atoms in total. The molecule has 0 aliphatic heterocycles. The summed E-state index contributed by atoms with van der Waals surface area (Å²) < 4.78 is 1.73. The zero-order chi connectivity index (χ0) is 16.2. The van der Waals surface area contributed by atoms with E-state index in [1.54, 1.807) is 16.8 Å².